The topological polar surface area (TPSA) is 217 Å². The van der Waals surface area contributed by atoms with Gasteiger partial charge >= 0.3 is 13.8 Å². The molecule has 0 radical (unpaired) electrons. The normalized spacial score (nSPS) is 31.0. The van der Waals surface area contributed by atoms with Gasteiger partial charge in [0.2, 0.25) is 5.91 Å². The second-order valence-corrected chi connectivity index (χ2v) is 8.95. The van der Waals surface area contributed by atoms with Crippen LogP contribution >= 0.6 is 7.82 Å². The van der Waals surface area contributed by atoms with Gasteiger partial charge in [0, 0.05) is 12.7 Å². The Balaban J connectivity index is 1.61. The highest BCUT2D eigenvalue weighted by Gasteiger charge is 2.53. The van der Waals surface area contributed by atoms with E-state index < -0.39 is 63.2 Å². The van der Waals surface area contributed by atoms with E-state index in [9.17, 15) is 19.3 Å². The molecule has 4 rings (SSSR count). The Kier molecular flexibility index (Phi) is 6.89. The minimum atomic E-state index is -4.86. The number of carbonyl (C=O) groups is 2. The number of fused-ring (bicyclic) bond motifs is 1. The number of nitrogens with one attached hydrogen (secondary N) is 3. The number of amidine groups is 1. The van der Waals surface area contributed by atoms with Crippen molar-refractivity contribution in [1.82, 2.24) is 15.5 Å². The average Bonchev–Trinajstić information content (AvgIpc) is 3.33. The minimum absolute atomic E-state index is 0.0360. The number of aliphatic imine (C=N–C) groups is 1. The van der Waals surface area contributed by atoms with Gasteiger partial charge in [-0.05, 0) is 12.1 Å². The number of phosphoric ester groups is 1. The molecule has 0 saturated carbocycles. The third-order valence-electron chi connectivity index (χ3n) is 5.53. The van der Waals surface area contributed by atoms with Crippen molar-refractivity contribution < 1.29 is 43.0 Å². The number of phosphoric acid groups is 1. The molecule has 3 aliphatic rings. The second kappa shape index (κ2) is 9.56. The van der Waals surface area contributed by atoms with Crippen molar-refractivity contribution in [2.75, 3.05) is 25.6 Å². The largest absolute Gasteiger partial charge is 0.469 e. The van der Waals surface area contributed by atoms with Crippen LogP contribution in [0.4, 0.5) is 5.69 Å². The number of para-hydroxylation sites is 1. The van der Waals surface area contributed by atoms with E-state index in [2.05, 4.69) is 25.5 Å². The van der Waals surface area contributed by atoms with Crippen molar-refractivity contribution in [3.05, 3.63) is 29.8 Å². The first-order valence-electron chi connectivity index (χ1n) is 10.2. The first-order chi connectivity index (χ1) is 16.1. The number of anilines is 1. The highest BCUT2D eigenvalue weighted by atomic mass is 31.2. The van der Waals surface area contributed by atoms with Crippen LogP contribution in [0.15, 0.2) is 29.3 Å². The van der Waals surface area contributed by atoms with Crippen LogP contribution in [-0.4, -0.2) is 94.7 Å². The first-order valence-corrected chi connectivity index (χ1v) is 11.8. The number of benzene rings is 1. The van der Waals surface area contributed by atoms with Crippen molar-refractivity contribution in [1.29, 1.82) is 0 Å². The summed E-state index contributed by atoms with van der Waals surface area (Å²) >= 11 is 0. The molecule has 3 heterocycles. The summed E-state index contributed by atoms with van der Waals surface area (Å²) in [5.41, 5.74) is 6.43. The van der Waals surface area contributed by atoms with Crippen LogP contribution in [0.3, 0.4) is 0 Å². The molecule has 2 unspecified atom stereocenters. The zero-order valence-electron chi connectivity index (χ0n) is 17.9. The van der Waals surface area contributed by atoms with Gasteiger partial charge in [-0.25, -0.2) is 14.4 Å². The zero-order valence-corrected chi connectivity index (χ0v) is 18.8. The van der Waals surface area contributed by atoms with Crippen molar-refractivity contribution in [2.24, 2.45) is 10.7 Å². The molecule has 1 amide bonds. The Morgan fingerprint density at radius 2 is 2.15 bits per heavy atom. The second-order valence-electron chi connectivity index (χ2n) is 7.71. The Morgan fingerprint density at radius 1 is 1.41 bits per heavy atom. The standard InChI is InChI=1S/C18H25N6O9P/c1-20-9-5-3-2-4-8(9)17(27)33-13-12(25)10(6-31-34(28,29)30)32-16(13)24-7-21-11-14(24)22-18(19)23-15(11)26/h2-5,10-13,16,18,20-21,25H,6-7,19H2,1H3,(H,23,26)(H2,28,29,30)/t10-,11?,12-,13-,16-,18?/m1/s1. The van der Waals surface area contributed by atoms with Gasteiger partial charge < -0.3 is 39.9 Å². The van der Waals surface area contributed by atoms with Crippen LogP contribution in [0.1, 0.15) is 10.4 Å². The summed E-state index contributed by atoms with van der Waals surface area (Å²) in [6.45, 7) is -0.644. The SMILES string of the molecule is CNc1ccccc1C(=O)O[C@@H]1[C@H](O)[C@@H](COP(=O)(O)O)O[C@H]1N1CNC2C(=O)NC(N)N=C21. The molecule has 16 heteroatoms. The molecular formula is C18H25N6O9P. The molecule has 34 heavy (non-hydrogen) atoms. The average molecular weight is 500 g/mol. The summed E-state index contributed by atoms with van der Waals surface area (Å²) in [7, 11) is -3.23. The van der Waals surface area contributed by atoms with Gasteiger partial charge in [-0.1, -0.05) is 12.1 Å². The van der Waals surface area contributed by atoms with Crippen molar-refractivity contribution in [3.8, 4) is 0 Å². The highest BCUT2D eigenvalue weighted by Crippen LogP contribution is 2.38. The number of esters is 1. The molecule has 3 aliphatic heterocycles. The van der Waals surface area contributed by atoms with Crippen LogP contribution in [0.2, 0.25) is 0 Å². The molecule has 186 valence electrons. The monoisotopic (exact) mass is 500 g/mol. The van der Waals surface area contributed by atoms with Crippen LogP contribution in [0, 0.1) is 0 Å². The highest BCUT2D eigenvalue weighted by molar-refractivity contribution is 7.46. The van der Waals surface area contributed by atoms with Gasteiger partial charge in [-0.15, -0.1) is 0 Å². The minimum Gasteiger partial charge on any atom is -0.451 e. The Labute approximate surface area is 193 Å². The lowest BCUT2D eigenvalue weighted by Crippen LogP contribution is -2.57. The lowest BCUT2D eigenvalue weighted by molar-refractivity contribution is -0.122. The van der Waals surface area contributed by atoms with Gasteiger partial charge in [0.15, 0.2) is 18.6 Å². The van der Waals surface area contributed by atoms with E-state index in [1.165, 1.54) is 11.0 Å². The van der Waals surface area contributed by atoms with Crippen molar-refractivity contribution in [2.45, 2.75) is 36.9 Å². The number of hydrogen-bond donors (Lipinski definition) is 7. The van der Waals surface area contributed by atoms with Crippen LogP contribution in [0.5, 0.6) is 0 Å². The van der Waals surface area contributed by atoms with E-state index in [0.717, 1.165) is 0 Å². The van der Waals surface area contributed by atoms with Gasteiger partial charge in [0.1, 0.15) is 24.1 Å². The van der Waals surface area contributed by atoms with Gasteiger partial charge in [-0.3, -0.25) is 20.4 Å². The first kappa shape index (κ1) is 24.5. The summed E-state index contributed by atoms with van der Waals surface area (Å²) in [4.78, 5) is 49.0. The maximum absolute atomic E-state index is 13.0. The van der Waals surface area contributed by atoms with Gasteiger partial charge in [0.05, 0.1) is 18.8 Å². The molecule has 0 spiro atoms. The van der Waals surface area contributed by atoms with E-state index in [-0.39, 0.29) is 18.1 Å². The summed E-state index contributed by atoms with van der Waals surface area (Å²) in [6.07, 6.45) is -6.29. The lowest BCUT2D eigenvalue weighted by Gasteiger charge is -2.32. The zero-order chi connectivity index (χ0) is 24.6. The number of ether oxygens (including phenoxy) is 2. The summed E-state index contributed by atoms with van der Waals surface area (Å²) in [6, 6.07) is 5.71. The molecular weight excluding hydrogens is 475 g/mol. The van der Waals surface area contributed by atoms with Crippen molar-refractivity contribution in [3.63, 3.8) is 0 Å². The fourth-order valence-corrected chi connectivity index (χ4v) is 4.32. The number of aliphatic hydroxyl groups is 1. The van der Waals surface area contributed by atoms with E-state index in [1.54, 1.807) is 25.2 Å². The van der Waals surface area contributed by atoms with Crippen molar-refractivity contribution >= 4 is 31.2 Å². The number of aliphatic hydroxyl groups excluding tert-OH is 1. The predicted molar refractivity (Wildman–Crippen MR) is 115 cm³/mol. The Bertz CT molecular complexity index is 1030. The third kappa shape index (κ3) is 4.92. The van der Waals surface area contributed by atoms with E-state index >= 15 is 0 Å². The summed E-state index contributed by atoms with van der Waals surface area (Å²) in [5.74, 6) is -0.985. The third-order valence-corrected chi connectivity index (χ3v) is 6.01. The number of amides is 1. The molecule has 1 aromatic carbocycles. The predicted octanol–water partition coefficient (Wildman–Crippen LogP) is -2.55. The number of rotatable bonds is 7. The summed E-state index contributed by atoms with van der Waals surface area (Å²) in [5, 5.41) is 19.1. The lowest BCUT2D eigenvalue weighted by atomic mass is 10.1. The molecule has 15 nitrogen and oxygen atoms in total. The molecule has 0 aromatic heterocycles. The molecule has 6 atom stereocenters. The fourth-order valence-electron chi connectivity index (χ4n) is 3.98. The van der Waals surface area contributed by atoms with Crippen LogP contribution in [0.25, 0.3) is 0 Å². The molecule has 1 aromatic rings. The number of carbonyl (C=O) groups excluding carboxylic acids is 2. The Morgan fingerprint density at radius 3 is 2.85 bits per heavy atom. The van der Waals surface area contributed by atoms with E-state index in [1.807, 2.05) is 0 Å². The number of nitrogens with two attached hydrogens (primary N) is 1. The van der Waals surface area contributed by atoms with Gasteiger partial charge in [0.25, 0.3) is 0 Å². The number of hydrogen-bond acceptors (Lipinski definition) is 12. The van der Waals surface area contributed by atoms with Crippen LogP contribution < -0.4 is 21.7 Å². The van der Waals surface area contributed by atoms with Gasteiger partial charge in [-0.2, -0.15) is 0 Å². The summed E-state index contributed by atoms with van der Waals surface area (Å²) < 4.78 is 27.1. The van der Waals surface area contributed by atoms with E-state index in [4.69, 9.17) is 25.0 Å². The molecule has 0 bridgehead atoms. The molecule has 2 saturated heterocycles. The maximum atomic E-state index is 13.0. The maximum Gasteiger partial charge on any atom is 0.469 e. The van der Waals surface area contributed by atoms with Crippen LogP contribution in [-0.2, 0) is 23.4 Å². The number of nitrogens with zero attached hydrogens (tertiary/aromatic N) is 2. The van der Waals surface area contributed by atoms with E-state index in [0.29, 0.717) is 5.69 Å². The smallest absolute Gasteiger partial charge is 0.451 e. The fraction of sp³-hybridized carbons (Fsp3) is 0.500. The molecule has 2 fully saturated rings. The molecule has 8 N–H and O–H groups in total. The molecule has 0 aliphatic carbocycles. The quantitative estimate of drug-likeness (QED) is 0.152. The Hall–Kier alpha value is -2.62.